The average Bonchev–Trinajstić information content (AvgIpc) is 3.11. The Morgan fingerprint density at radius 1 is 0.667 bits per heavy atom. The number of carbonyl (C=O) groups excluding carboxylic acids is 3. The molecule has 4 rings (SSSR count). The predicted molar refractivity (Wildman–Crippen MR) is 183 cm³/mol. The van der Waals surface area contributed by atoms with Gasteiger partial charge < -0.3 is 16.0 Å². The van der Waals surface area contributed by atoms with Crippen molar-refractivity contribution in [3.63, 3.8) is 0 Å². The quantitative estimate of drug-likeness (QED) is 0.106. The molecule has 0 aliphatic rings. The van der Waals surface area contributed by atoms with Gasteiger partial charge in [0, 0.05) is 23.2 Å². The zero-order chi connectivity index (χ0) is 35.5. The fourth-order valence-electron chi connectivity index (χ4n) is 4.30. The molecule has 48 heavy (non-hydrogen) atoms. The summed E-state index contributed by atoms with van der Waals surface area (Å²) in [4.78, 5) is 38.4. The maximum atomic E-state index is 13.4. The molecule has 0 radical (unpaired) electrons. The van der Waals surface area contributed by atoms with Crippen LogP contribution in [0.15, 0.2) is 102 Å². The van der Waals surface area contributed by atoms with Gasteiger partial charge in [-0.25, -0.2) is 17.5 Å². The van der Waals surface area contributed by atoms with Crippen molar-refractivity contribution in [1.29, 1.82) is 0 Å². The summed E-state index contributed by atoms with van der Waals surface area (Å²) in [6.45, 7) is 1.38. The van der Waals surface area contributed by atoms with Gasteiger partial charge in [0.25, 0.3) is 21.8 Å². The van der Waals surface area contributed by atoms with E-state index in [4.69, 9.17) is 0 Å². The van der Waals surface area contributed by atoms with E-state index in [2.05, 4.69) is 20.7 Å². The molecule has 4 N–H and O–H groups in total. The lowest BCUT2D eigenvalue weighted by Gasteiger charge is -2.16. The number of amides is 3. The first-order valence-corrected chi connectivity index (χ1v) is 16.3. The second kappa shape index (κ2) is 20.1. The van der Waals surface area contributed by atoms with Gasteiger partial charge in [0.05, 0.1) is 31.4 Å². The van der Waals surface area contributed by atoms with E-state index in [1.54, 1.807) is 66.7 Å². The van der Waals surface area contributed by atoms with Crippen molar-refractivity contribution in [2.24, 2.45) is 0 Å². The van der Waals surface area contributed by atoms with Gasteiger partial charge in [-0.2, -0.15) is 0 Å². The average molecular weight is 685 g/mol. The summed E-state index contributed by atoms with van der Waals surface area (Å²) < 4.78 is 60.1. The molecule has 0 aromatic heterocycles. The molecule has 0 fully saturated rings. The van der Waals surface area contributed by atoms with Crippen molar-refractivity contribution in [3.8, 4) is 0 Å². The van der Waals surface area contributed by atoms with E-state index < -0.39 is 34.4 Å². The minimum atomic E-state index is -4.26. The van der Waals surface area contributed by atoms with Crippen molar-refractivity contribution in [1.82, 2.24) is 4.72 Å². The highest BCUT2D eigenvalue weighted by molar-refractivity contribution is 7.90. The van der Waals surface area contributed by atoms with Crippen LogP contribution in [0.5, 0.6) is 0 Å². The maximum Gasteiger partial charge on any atom is 0.266 e. The molecule has 0 saturated carbocycles. The summed E-state index contributed by atoms with van der Waals surface area (Å²) in [5.74, 6) is -1.68. The summed E-state index contributed by atoms with van der Waals surface area (Å²) in [5.41, 5.74) is 2.40. The Morgan fingerprint density at radius 2 is 1.27 bits per heavy atom. The Kier molecular flexibility index (Phi) is 16.4. The molecule has 13 heteroatoms. The van der Waals surface area contributed by atoms with Crippen LogP contribution in [0.25, 0.3) is 0 Å². The SMILES string of the molecule is CCCCCC(=O)NS(=O)(=O)c1ccccc1NC(=O)c1ccc(Nc2ccc(CF)cc2)c(NC(=O)c2ccccc2)c1.CF.CF. The van der Waals surface area contributed by atoms with E-state index in [-0.39, 0.29) is 28.3 Å². The monoisotopic (exact) mass is 684 g/mol. The number of benzene rings is 4. The molecule has 4 aromatic rings. The number of nitrogens with one attached hydrogen (secondary N) is 4. The van der Waals surface area contributed by atoms with Gasteiger partial charge in [-0.1, -0.05) is 62.2 Å². The van der Waals surface area contributed by atoms with Gasteiger partial charge in [-0.05, 0) is 66.6 Å². The molecule has 0 spiro atoms. The smallest absolute Gasteiger partial charge is 0.266 e. The first kappa shape index (κ1) is 39.0. The zero-order valence-electron chi connectivity index (χ0n) is 26.9. The first-order chi connectivity index (χ1) is 23.2. The minimum absolute atomic E-state index is 0.0172. The largest absolute Gasteiger partial charge is 0.354 e. The molecule has 3 amide bonds. The Bertz CT molecular complexity index is 1740. The van der Waals surface area contributed by atoms with Crippen LogP contribution in [0.2, 0.25) is 0 Å². The summed E-state index contributed by atoms with van der Waals surface area (Å²) >= 11 is 0. The molecule has 0 unspecified atom stereocenters. The van der Waals surface area contributed by atoms with E-state index in [1.165, 1.54) is 30.3 Å². The topological polar surface area (TPSA) is 133 Å². The predicted octanol–water partition coefficient (Wildman–Crippen LogP) is 7.96. The Labute approximate surface area is 279 Å². The third-order valence-electron chi connectivity index (χ3n) is 6.63. The molecule has 0 atom stereocenters. The summed E-state index contributed by atoms with van der Waals surface area (Å²) in [7, 11) is -3.26. The Balaban J connectivity index is 0.00000193. The number of hydrogen-bond acceptors (Lipinski definition) is 6. The number of halogens is 3. The highest BCUT2D eigenvalue weighted by Crippen LogP contribution is 2.29. The Hall–Kier alpha value is -5.17. The third-order valence-corrected chi connectivity index (χ3v) is 8.06. The number of hydrogen-bond donors (Lipinski definition) is 4. The van der Waals surface area contributed by atoms with Crippen LogP contribution in [-0.4, -0.2) is 40.5 Å². The number of carbonyl (C=O) groups is 3. The van der Waals surface area contributed by atoms with Crippen LogP contribution in [0.3, 0.4) is 0 Å². The number of alkyl halides is 3. The number of rotatable bonds is 13. The van der Waals surface area contributed by atoms with E-state index in [9.17, 15) is 36.0 Å². The lowest BCUT2D eigenvalue weighted by atomic mass is 10.1. The highest BCUT2D eigenvalue weighted by atomic mass is 32.2. The molecule has 0 bridgehead atoms. The van der Waals surface area contributed by atoms with Gasteiger partial charge in [-0.3, -0.25) is 23.2 Å². The van der Waals surface area contributed by atoms with Crippen molar-refractivity contribution in [2.45, 2.75) is 44.2 Å². The van der Waals surface area contributed by atoms with E-state index in [1.807, 2.05) is 6.92 Å². The molecule has 0 aliphatic heterocycles. The van der Waals surface area contributed by atoms with Crippen LogP contribution < -0.4 is 20.7 Å². The normalized spacial score (nSPS) is 10.3. The Morgan fingerprint density at radius 3 is 1.92 bits per heavy atom. The maximum absolute atomic E-state index is 13.4. The van der Waals surface area contributed by atoms with Gasteiger partial charge >= 0.3 is 0 Å². The van der Waals surface area contributed by atoms with E-state index >= 15 is 0 Å². The summed E-state index contributed by atoms with van der Waals surface area (Å²) in [5, 5.41) is 8.61. The lowest BCUT2D eigenvalue weighted by Crippen LogP contribution is -2.31. The second-order valence-electron chi connectivity index (χ2n) is 9.97. The van der Waals surface area contributed by atoms with Gasteiger partial charge in [0.1, 0.15) is 11.6 Å². The van der Waals surface area contributed by atoms with Crippen LogP contribution in [0, 0.1) is 0 Å². The zero-order valence-corrected chi connectivity index (χ0v) is 27.7. The second-order valence-corrected chi connectivity index (χ2v) is 11.6. The van der Waals surface area contributed by atoms with Crippen LogP contribution in [0.1, 0.15) is 58.9 Å². The third kappa shape index (κ3) is 11.6. The molecule has 0 aliphatic carbocycles. The first-order valence-electron chi connectivity index (χ1n) is 14.8. The number of para-hydroxylation sites is 1. The number of unbranched alkanes of at least 4 members (excludes halogenated alkanes) is 2. The van der Waals surface area contributed by atoms with Crippen molar-refractivity contribution < 1.29 is 36.0 Å². The molecule has 4 aromatic carbocycles. The fraction of sp³-hybridized carbons (Fsp3) is 0.229. The van der Waals surface area contributed by atoms with Crippen molar-refractivity contribution in [3.05, 3.63) is 114 Å². The summed E-state index contributed by atoms with van der Waals surface area (Å²) in [6, 6.07) is 25.5. The molecule has 9 nitrogen and oxygen atoms in total. The lowest BCUT2D eigenvalue weighted by molar-refractivity contribution is -0.119. The van der Waals surface area contributed by atoms with Crippen molar-refractivity contribution >= 4 is 50.5 Å². The van der Waals surface area contributed by atoms with Gasteiger partial charge in [0.2, 0.25) is 5.91 Å². The standard InChI is InChI=1S/C33H33FN4O5S.2CH3F/c1-2-3-5-14-31(39)38-44(42,43)30-13-9-8-12-28(30)36-33(41)25-17-20-27(35-26-18-15-23(22-34)16-19-26)29(21-25)37-32(40)24-10-6-4-7-11-24;2*1-2/h4,6-13,15-21,35H,2-3,5,14,22H2,1H3,(H,36,41)(H,37,40)(H,38,39);2*1H3. The van der Waals surface area contributed by atoms with Gasteiger partial charge in [0.15, 0.2) is 0 Å². The van der Waals surface area contributed by atoms with Crippen LogP contribution in [-0.2, 0) is 21.5 Å². The van der Waals surface area contributed by atoms with E-state index in [0.717, 1.165) is 12.8 Å². The molecule has 0 saturated heterocycles. The summed E-state index contributed by atoms with van der Waals surface area (Å²) in [6.07, 6.45) is 2.32. The molecular weight excluding hydrogens is 645 g/mol. The molecular formula is C35H39F3N4O5S. The van der Waals surface area contributed by atoms with Crippen LogP contribution in [0.4, 0.5) is 35.9 Å². The fourth-order valence-corrected chi connectivity index (χ4v) is 5.48. The molecule has 0 heterocycles. The number of sulfonamides is 1. The molecule has 256 valence electrons. The van der Waals surface area contributed by atoms with Gasteiger partial charge in [-0.15, -0.1) is 0 Å². The highest BCUT2D eigenvalue weighted by Gasteiger charge is 2.22. The number of anilines is 4. The van der Waals surface area contributed by atoms with E-state index in [0.29, 0.717) is 43.3 Å². The minimum Gasteiger partial charge on any atom is -0.354 e. The van der Waals surface area contributed by atoms with Crippen LogP contribution >= 0.6 is 0 Å². The van der Waals surface area contributed by atoms with Crippen molar-refractivity contribution in [2.75, 3.05) is 30.3 Å².